The third-order valence-electron chi connectivity index (χ3n) is 2.07. The van der Waals surface area contributed by atoms with Gasteiger partial charge < -0.3 is 10.0 Å². The van der Waals surface area contributed by atoms with E-state index in [1.54, 1.807) is 18.2 Å². The Morgan fingerprint density at radius 3 is 2.14 bits per heavy atom. The van der Waals surface area contributed by atoms with Crippen LogP contribution in [0.4, 0.5) is 0 Å². The summed E-state index contributed by atoms with van der Waals surface area (Å²) in [4.78, 5) is 0. The topological polar surface area (TPSA) is 40.5 Å². The van der Waals surface area contributed by atoms with Gasteiger partial charge in [-0.1, -0.05) is 44.5 Å². The predicted molar refractivity (Wildman–Crippen MR) is 60.0 cm³/mol. The first kappa shape index (κ1) is 11.6. The highest BCUT2D eigenvalue weighted by Crippen LogP contribution is 2.27. The summed E-state index contributed by atoms with van der Waals surface area (Å²) < 4.78 is 0. The molecule has 1 rings (SSSR count). The lowest BCUT2D eigenvalue weighted by atomic mass is 9.70. The molecule has 0 saturated heterocycles. The Labute approximate surface area is 89.7 Å². The van der Waals surface area contributed by atoms with Gasteiger partial charge in [-0.25, -0.2) is 0 Å². The van der Waals surface area contributed by atoms with E-state index in [-0.39, 0.29) is 5.41 Å². The van der Waals surface area contributed by atoms with Crippen LogP contribution in [0.25, 0.3) is 0 Å². The Bertz CT molecular complexity index is 331. The molecular weight excluding hydrogens is 198 g/mol. The van der Waals surface area contributed by atoms with Crippen LogP contribution in [0.1, 0.15) is 26.3 Å². The zero-order valence-electron chi connectivity index (χ0n) is 8.58. The van der Waals surface area contributed by atoms with Crippen molar-refractivity contribution in [3.63, 3.8) is 0 Å². The van der Waals surface area contributed by atoms with Gasteiger partial charge in [-0.15, -0.1) is 0 Å². The van der Waals surface area contributed by atoms with E-state index in [2.05, 4.69) is 0 Å². The molecule has 0 radical (unpaired) electrons. The first-order chi connectivity index (χ1) is 6.34. The number of hydrogen-bond donors (Lipinski definition) is 2. The Morgan fingerprint density at radius 2 is 1.79 bits per heavy atom. The normalized spacial score (nSPS) is 11.6. The molecule has 0 aliphatic rings. The van der Waals surface area contributed by atoms with E-state index in [4.69, 9.17) is 11.6 Å². The molecular formula is C10H14BClO2. The van der Waals surface area contributed by atoms with Crippen LogP contribution in [0.2, 0.25) is 5.02 Å². The second kappa shape index (κ2) is 3.93. The molecule has 4 heteroatoms. The fraction of sp³-hybridized carbons (Fsp3) is 0.400. The Morgan fingerprint density at radius 1 is 1.21 bits per heavy atom. The van der Waals surface area contributed by atoms with E-state index in [9.17, 15) is 10.0 Å². The van der Waals surface area contributed by atoms with Crippen molar-refractivity contribution in [2.75, 3.05) is 0 Å². The minimum Gasteiger partial charge on any atom is -0.423 e. The van der Waals surface area contributed by atoms with E-state index in [1.165, 1.54) is 0 Å². The van der Waals surface area contributed by atoms with Crippen LogP contribution in [0.5, 0.6) is 0 Å². The van der Waals surface area contributed by atoms with Crippen LogP contribution < -0.4 is 5.46 Å². The second-order valence-electron chi connectivity index (χ2n) is 4.33. The first-order valence-corrected chi connectivity index (χ1v) is 4.87. The van der Waals surface area contributed by atoms with Crippen LogP contribution in [0.15, 0.2) is 18.2 Å². The number of halogens is 1. The van der Waals surface area contributed by atoms with E-state index in [1.807, 2.05) is 20.8 Å². The molecule has 1 aromatic rings. The molecule has 0 atom stereocenters. The fourth-order valence-electron chi connectivity index (χ4n) is 1.55. The third-order valence-corrected chi connectivity index (χ3v) is 2.39. The monoisotopic (exact) mass is 212 g/mol. The van der Waals surface area contributed by atoms with Crippen LogP contribution >= 0.6 is 11.6 Å². The molecule has 2 nitrogen and oxygen atoms in total. The van der Waals surface area contributed by atoms with Gasteiger partial charge in [-0.05, 0) is 22.5 Å². The molecule has 2 N–H and O–H groups in total. The van der Waals surface area contributed by atoms with Gasteiger partial charge in [0.15, 0.2) is 0 Å². The highest BCUT2D eigenvalue weighted by molar-refractivity contribution is 6.59. The van der Waals surface area contributed by atoms with Crippen LogP contribution in [-0.4, -0.2) is 17.2 Å². The van der Waals surface area contributed by atoms with Gasteiger partial charge in [0, 0.05) is 5.02 Å². The second-order valence-corrected chi connectivity index (χ2v) is 4.73. The fourth-order valence-corrected chi connectivity index (χ4v) is 2.01. The van der Waals surface area contributed by atoms with Crippen molar-refractivity contribution in [1.82, 2.24) is 0 Å². The van der Waals surface area contributed by atoms with Gasteiger partial charge in [0.25, 0.3) is 0 Å². The lowest BCUT2D eigenvalue weighted by Crippen LogP contribution is -2.37. The first-order valence-electron chi connectivity index (χ1n) is 4.49. The van der Waals surface area contributed by atoms with Crippen molar-refractivity contribution in [2.45, 2.75) is 26.2 Å². The molecule has 0 aliphatic carbocycles. The molecule has 0 bridgehead atoms. The van der Waals surface area contributed by atoms with Crippen molar-refractivity contribution in [3.8, 4) is 0 Å². The van der Waals surface area contributed by atoms with Crippen LogP contribution in [-0.2, 0) is 5.41 Å². The van der Waals surface area contributed by atoms with E-state index in [0.29, 0.717) is 10.5 Å². The number of hydrogen-bond acceptors (Lipinski definition) is 2. The summed E-state index contributed by atoms with van der Waals surface area (Å²) >= 11 is 6.04. The molecule has 0 heterocycles. The quantitative estimate of drug-likeness (QED) is 0.689. The van der Waals surface area contributed by atoms with Crippen LogP contribution in [0.3, 0.4) is 0 Å². The highest BCUT2D eigenvalue weighted by Gasteiger charge is 2.26. The highest BCUT2D eigenvalue weighted by atomic mass is 35.5. The van der Waals surface area contributed by atoms with Crippen LogP contribution in [0, 0.1) is 0 Å². The summed E-state index contributed by atoms with van der Waals surface area (Å²) in [7, 11) is -1.47. The van der Waals surface area contributed by atoms with E-state index >= 15 is 0 Å². The summed E-state index contributed by atoms with van der Waals surface area (Å²) in [6, 6.07) is 5.15. The minimum absolute atomic E-state index is 0.197. The largest absolute Gasteiger partial charge is 0.488 e. The Kier molecular flexibility index (Phi) is 3.25. The van der Waals surface area contributed by atoms with Crippen molar-refractivity contribution in [3.05, 3.63) is 28.8 Å². The average molecular weight is 212 g/mol. The van der Waals surface area contributed by atoms with Crippen molar-refractivity contribution in [1.29, 1.82) is 0 Å². The van der Waals surface area contributed by atoms with E-state index < -0.39 is 7.12 Å². The average Bonchev–Trinajstić information content (AvgIpc) is 2.01. The van der Waals surface area contributed by atoms with Gasteiger partial charge in [0.1, 0.15) is 0 Å². The molecule has 76 valence electrons. The molecule has 0 amide bonds. The SMILES string of the molecule is CC(C)(C)c1c(Cl)cccc1B(O)O. The lowest BCUT2D eigenvalue weighted by Gasteiger charge is -2.24. The van der Waals surface area contributed by atoms with Gasteiger partial charge in [0.2, 0.25) is 0 Å². The molecule has 0 aliphatic heterocycles. The standard InChI is InChI=1S/C10H14BClO2/c1-10(2,3)9-7(11(13)14)5-4-6-8(9)12/h4-6,13-14H,1-3H3. The van der Waals surface area contributed by atoms with Crippen molar-refractivity contribution >= 4 is 24.2 Å². The maximum atomic E-state index is 9.19. The number of benzene rings is 1. The smallest absolute Gasteiger partial charge is 0.423 e. The predicted octanol–water partition coefficient (Wildman–Crippen LogP) is 1.32. The molecule has 0 fully saturated rings. The molecule has 0 aromatic heterocycles. The van der Waals surface area contributed by atoms with Gasteiger partial charge in [-0.2, -0.15) is 0 Å². The summed E-state index contributed by atoms with van der Waals surface area (Å²) in [6.45, 7) is 5.96. The van der Waals surface area contributed by atoms with Gasteiger partial charge >= 0.3 is 7.12 Å². The maximum Gasteiger partial charge on any atom is 0.488 e. The molecule has 0 saturated carbocycles. The Hall–Kier alpha value is -0.505. The molecule has 0 unspecified atom stereocenters. The zero-order valence-corrected chi connectivity index (χ0v) is 9.34. The summed E-state index contributed by atoms with van der Waals surface area (Å²) in [5.41, 5.74) is 1.07. The van der Waals surface area contributed by atoms with Crippen molar-refractivity contribution in [2.24, 2.45) is 0 Å². The zero-order chi connectivity index (χ0) is 10.9. The maximum absolute atomic E-state index is 9.19. The minimum atomic E-state index is -1.47. The molecule has 1 aromatic carbocycles. The van der Waals surface area contributed by atoms with Gasteiger partial charge in [-0.3, -0.25) is 0 Å². The third kappa shape index (κ3) is 2.29. The van der Waals surface area contributed by atoms with Gasteiger partial charge in [0.05, 0.1) is 0 Å². The number of rotatable bonds is 1. The molecule has 0 spiro atoms. The molecule has 14 heavy (non-hydrogen) atoms. The van der Waals surface area contributed by atoms with E-state index in [0.717, 1.165) is 5.56 Å². The Balaban J connectivity index is 3.38. The summed E-state index contributed by atoms with van der Waals surface area (Å²) in [6.07, 6.45) is 0. The summed E-state index contributed by atoms with van der Waals surface area (Å²) in [5, 5.41) is 19.0. The van der Waals surface area contributed by atoms with Crippen molar-refractivity contribution < 1.29 is 10.0 Å². The summed E-state index contributed by atoms with van der Waals surface area (Å²) in [5.74, 6) is 0. The lowest BCUT2D eigenvalue weighted by molar-refractivity contribution is 0.424.